The van der Waals surface area contributed by atoms with E-state index in [1.54, 1.807) is 0 Å². The van der Waals surface area contributed by atoms with Gasteiger partial charge >= 0.3 is 0 Å². The van der Waals surface area contributed by atoms with E-state index in [2.05, 4.69) is 18.7 Å². The van der Waals surface area contributed by atoms with Crippen molar-refractivity contribution in [3.05, 3.63) is 0 Å². The first kappa shape index (κ1) is 15.2. The van der Waals surface area contributed by atoms with Crippen molar-refractivity contribution in [2.45, 2.75) is 75.9 Å². The molecule has 1 aliphatic carbocycles. The summed E-state index contributed by atoms with van der Waals surface area (Å²) >= 11 is 2.06. The number of aliphatic hydroxyl groups is 1. The van der Waals surface area contributed by atoms with Crippen LogP contribution >= 0.6 is 11.8 Å². The summed E-state index contributed by atoms with van der Waals surface area (Å²) in [5.74, 6) is 3.44. The Kier molecular flexibility index (Phi) is 4.69. The van der Waals surface area contributed by atoms with E-state index in [0.717, 1.165) is 19.4 Å². The fourth-order valence-corrected chi connectivity index (χ4v) is 5.88. The van der Waals surface area contributed by atoms with Crippen molar-refractivity contribution in [3.8, 4) is 0 Å². The van der Waals surface area contributed by atoms with Gasteiger partial charge in [-0.1, -0.05) is 19.3 Å². The predicted octanol–water partition coefficient (Wildman–Crippen LogP) is 4.01. The smallest absolute Gasteiger partial charge is 0.0702 e. The van der Waals surface area contributed by atoms with Crippen LogP contribution in [0.1, 0.15) is 64.7 Å². The van der Waals surface area contributed by atoms with E-state index >= 15 is 0 Å². The molecule has 0 radical (unpaired) electrons. The topological polar surface area (TPSA) is 29.5 Å². The Balaban J connectivity index is 1.68. The molecule has 1 spiro atoms. The molecule has 116 valence electrons. The summed E-state index contributed by atoms with van der Waals surface area (Å²) in [6, 6.07) is 0. The van der Waals surface area contributed by atoms with Crippen LogP contribution in [0.2, 0.25) is 0 Å². The summed E-state index contributed by atoms with van der Waals surface area (Å²) < 4.78 is 6.19. The predicted molar refractivity (Wildman–Crippen MR) is 85.2 cm³/mol. The van der Waals surface area contributed by atoms with Crippen LogP contribution in [0.3, 0.4) is 0 Å². The summed E-state index contributed by atoms with van der Waals surface area (Å²) in [5.41, 5.74) is -0.366. The molecule has 2 atom stereocenters. The molecule has 0 amide bonds. The van der Waals surface area contributed by atoms with Crippen LogP contribution in [-0.4, -0.2) is 34.4 Å². The second kappa shape index (κ2) is 6.18. The molecule has 3 heteroatoms. The largest absolute Gasteiger partial charge is 0.390 e. The zero-order valence-corrected chi connectivity index (χ0v) is 13.7. The van der Waals surface area contributed by atoms with E-state index in [4.69, 9.17) is 4.74 Å². The zero-order valence-electron chi connectivity index (χ0n) is 12.9. The number of ether oxygens (including phenoxy) is 1. The second-order valence-electron chi connectivity index (χ2n) is 7.39. The Labute approximate surface area is 128 Å². The van der Waals surface area contributed by atoms with Crippen LogP contribution in [0.25, 0.3) is 0 Å². The van der Waals surface area contributed by atoms with Crippen LogP contribution in [-0.2, 0) is 4.74 Å². The molecule has 3 fully saturated rings. The molecule has 2 nitrogen and oxygen atoms in total. The molecule has 2 heterocycles. The minimum atomic E-state index is -0.470. The van der Waals surface area contributed by atoms with Gasteiger partial charge in [-0.2, -0.15) is 11.8 Å². The first-order chi connectivity index (χ1) is 9.62. The van der Waals surface area contributed by atoms with Gasteiger partial charge in [-0.05, 0) is 68.8 Å². The van der Waals surface area contributed by atoms with Crippen molar-refractivity contribution in [1.29, 1.82) is 0 Å². The number of thioether (sulfide) groups is 1. The first-order valence-electron chi connectivity index (χ1n) is 8.56. The van der Waals surface area contributed by atoms with Crippen molar-refractivity contribution >= 4 is 11.8 Å². The Morgan fingerprint density at radius 1 is 1.05 bits per heavy atom. The standard InChI is InChI=1S/C17H30O2S/c1-16(18,14-5-3-2-4-6-14)15-7-10-19-17(13-15)8-11-20-12-9-17/h14-15,18H,2-13H2,1H3. The van der Waals surface area contributed by atoms with Crippen molar-refractivity contribution in [1.82, 2.24) is 0 Å². The van der Waals surface area contributed by atoms with E-state index in [-0.39, 0.29) is 5.60 Å². The van der Waals surface area contributed by atoms with Gasteiger partial charge in [-0.25, -0.2) is 0 Å². The van der Waals surface area contributed by atoms with Crippen molar-refractivity contribution in [2.75, 3.05) is 18.1 Å². The van der Waals surface area contributed by atoms with Crippen LogP contribution in [0.5, 0.6) is 0 Å². The summed E-state index contributed by atoms with van der Waals surface area (Å²) in [7, 11) is 0. The maximum absolute atomic E-state index is 11.2. The molecule has 0 bridgehead atoms. The Morgan fingerprint density at radius 2 is 1.75 bits per heavy atom. The van der Waals surface area contributed by atoms with Gasteiger partial charge in [0.25, 0.3) is 0 Å². The fraction of sp³-hybridized carbons (Fsp3) is 1.00. The summed E-state index contributed by atoms with van der Waals surface area (Å²) in [4.78, 5) is 0. The highest BCUT2D eigenvalue weighted by Gasteiger charge is 2.47. The maximum Gasteiger partial charge on any atom is 0.0702 e. The molecule has 0 aromatic carbocycles. The normalized spacial score (nSPS) is 34.8. The number of rotatable bonds is 2. The van der Waals surface area contributed by atoms with Gasteiger partial charge in [0.2, 0.25) is 0 Å². The summed E-state index contributed by atoms with van der Waals surface area (Å²) in [6.45, 7) is 2.99. The lowest BCUT2D eigenvalue weighted by Gasteiger charge is -2.50. The van der Waals surface area contributed by atoms with Crippen molar-refractivity contribution < 1.29 is 9.84 Å². The minimum absolute atomic E-state index is 0.104. The van der Waals surface area contributed by atoms with E-state index in [1.165, 1.54) is 56.5 Å². The minimum Gasteiger partial charge on any atom is -0.390 e. The van der Waals surface area contributed by atoms with Gasteiger partial charge in [0, 0.05) is 6.61 Å². The number of hydrogen-bond donors (Lipinski definition) is 1. The molecular formula is C17H30O2S. The molecule has 2 saturated heterocycles. The first-order valence-corrected chi connectivity index (χ1v) is 9.72. The fourth-order valence-electron chi connectivity index (χ4n) is 4.64. The highest BCUT2D eigenvalue weighted by molar-refractivity contribution is 7.99. The van der Waals surface area contributed by atoms with Crippen LogP contribution in [0.15, 0.2) is 0 Å². The third kappa shape index (κ3) is 3.05. The lowest BCUT2D eigenvalue weighted by molar-refractivity contribution is -0.159. The average molecular weight is 298 g/mol. The SMILES string of the molecule is CC(O)(C1CCCCC1)C1CCOC2(CCSCC2)C1. The van der Waals surface area contributed by atoms with Crippen LogP contribution in [0.4, 0.5) is 0 Å². The van der Waals surface area contributed by atoms with E-state index in [1.807, 2.05) is 0 Å². The third-order valence-corrected chi connectivity index (χ3v) is 7.14. The molecule has 1 saturated carbocycles. The monoisotopic (exact) mass is 298 g/mol. The van der Waals surface area contributed by atoms with Crippen LogP contribution < -0.4 is 0 Å². The van der Waals surface area contributed by atoms with Gasteiger partial charge in [0.1, 0.15) is 0 Å². The molecule has 0 aromatic heterocycles. The highest BCUT2D eigenvalue weighted by Crippen LogP contribution is 2.47. The van der Waals surface area contributed by atoms with Gasteiger partial charge in [0.15, 0.2) is 0 Å². The third-order valence-electron chi connectivity index (χ3n) is 6.16. The summed E-state index contributed by atoms with van der Waals surface area (Å²) in [5, 5.41) is 11.2. The van der Waals surface area contributed by atoms with Crippen molar-refractivity contribution in [2.24, 2.45) is 11.8 Å². The summed E-state index contributed by atoms with van der Waals surface area (Å²) in [6.07, 6.45) is 11.0. The van der Waals surface area contributed by atoms with Gasteiger partial charge in [0.05, 0.1) is 11.2 Å². The van der Waals surface area contributed by atoms with E-state index < -0.39 is 5.60 Å². The Hall–Kier alpha value is 0.270. The van der Waals surface area contributed by atoms with Gasteiger partial charge in [-0.15, -0.1) is 0 Å². The van der Waals surface area contributed by atoms with Gasteiger partial charge in [-0.3, -0.25) is 0 Å². The molecule has 1 N–H and O–H groups in total. The van der Waals surface area contributed by atoms with Crippen LogP contribution in [0, 0.1) is 11.8 Å². The lowest BCUT2D eigenvalue weighted by Crippen LogP contribution is -2.52. The Morgan fingerprint density at radius 3 is 2.45 bits per heavy atom. The second-order valence-corrected chi connectivity index (χ2v) is 8.62. The molecule has 2 unspecified atom stereocenters. The maximum atomic E-state index is 11.2. The quantitative estimate of drug-likeness (QED) is 0.835. The molecular weight excluding hydrogens is 268 g/mol. The van der Waals surface area contributed by atoms with E-state index in [0.29, 0.717) is 11.8 Å². The van der Waals surface area contributed by atoms with Gasteiger partial charge < -0.3 is 9.84 Å². The molecule has 3 aliphatic rings. The number of hydrogen-bond acceptors (Lipinski definition) is 3. The van der Waals surface area contributed by atoms with E-state index in [9.17, 15) is 5.11 Å². The molecule has 2 aliphatic heterocycles. The molecule has 20 heavy (non-hydrogen) atoms. The Bertz CT molecular complexity index is 311. The lowest BCUT2D eigenvalue weighted by atomic mass is 9.66. The molecule has 0 aromatic rings. The average Bonchev–Trinajstić information content (AvgIpc) is 2.49. The molecule has 3 rings (SSSR count). The highest BCUT2D eigenvalue weighted by atomic mass is 32.2. The van der Waals surface area contributed by atoms with Crippen molar-refractivity contribution in [3.63, 3.8) is 0 Å². The zero-order chi connectivity index (χ0) is 14.1.